The lowest BCUT2D eigenvalue weighted by Gasteiger charge is -2.12. The van der Waals surface area contributed by atoms with Gasteiger partial charge in [0, 0.05) is 13.1 Å². The van der Waals surface area contributed by atoms with E-state index < -0.39 is 6.10 Å². The molecule has 3 N–H and O–H groups in total. The minimum atomic E-state index is -0.647. The molecule has 1 atom stereocenters. The van der Waals surface area contributed by atoms with Crippen molar-refractivity contribution in [2.45, 2.75) is 6.10 Å². The summed E-state index contributed by atoms with van der Waals surface area (Å²) in [6, 6.07) is 5.00. The lowest BCUT2D eigenvalue weighted by atomic mass is 10.1. The van der Waals surface area contributed by atoms with E-state index >= 15 is 0 Å². The van der Waals surface area contributed by atoms with Crippen molar-refractivity contribution in [3.05, 3.63) is 33.8 Å². The van der Waals surface area contributed by atoms with Gasteiger partial charge in [0.1, 0.15) is 0 Å². The molecule has 1 rings (SSSR count). The van der Waals surface area contributed by atoms with Crippen LogP contribution in [0.5, 0.6) is 0 Å². The molecule has 0 radical (unpaired) electrons. The summed E-state index contributed by atoms with van der Waals surface area (Å²) < 4.78 is 0. The van der Waals surface area contributed by atoms with Gasteiger partial charge in [-0.15, -0.1) is 0 Å². The molecule has 0 unspecified atom stereocenters. The van der Waals surface area contributed by atoms with Crippen molar-refractivity contribution in [1.82, 2.24) is 5.32 Å². The largest absolute Gasteiger partial charge is 0.395 e. The van der Waals surface area contributed by atoms with Crippen molar-refractivity contribution in [2.24, 2.45) is 0 Å². The molecule has 84 valence electrons. The first kappa shape index (κ1) is 12.7. The van der Waals surface area contributed by atoms with Crippen LogP contribution in [0.4, 0.5) is 0 Å². The quantitative estimate of drug-likeness (QED) is 0.696. The first-order chi connectivity index (χ1) is 7.15. The fourth-order valence-electron chi connectivity index (χ4n) is 1.16. The van der Waals surface area contributed by atoms with Crippen LogP contribution in [0.3, 0.4) is 0 Å². The number of benzene rings is 1. The molecular weight excluding hydrogens is 237 g/mol. The lowest BCUT2D eigenvalue weighted by Crippen LogP contribution is -2.24. The van der Waals surface area contributed by atoms with Crippen molar-refractivity contribution in [1.29, 1.82) is 0 Å². The van der Waals surface area contributed by atoms with Crippen LogP contribution in [0.1, 0.15) is 11.7 Å². The summed E-state index contributed by atoms with van der Waals surface area (Å²) in [4.78, 5) is 0. The molecule has 5 heteroatoms. The summed E-state index contributed by atoms with van der Waals surface area (Å²) in [5.74, 6) is 0. The smallest absolute Gasteiger partial charge is 0.0914 e. The molecule has 0 aliphatic carbocycles. The molecule has 1 aromatic rings. The second-order valence-electron chi connectivity index (χ2n) is 3.12. The van der Waals surface area contributed by atoms with Gasteiger partial charge in [0.05, 0.1) is 22.8 Å². The molecule has 0 aliphatic heterocycles. The SMILES string of the molecule is OCCNC[C@H](O)c1ccc(Cl)c(Cl)c1. The maximum absolute atomic E-state index is 9.72. The van der Waals surface area contributed by atoms with Gasteiger partial charge in [-0.1, -0.05) is 29.3 Å². The van der Waals surface area contributed by atoms with Crippen molar-refractivity contribution in [2.75, 3.05) is 19.7 Å². The monoisotopic (exact) mass is 249 g/mol. The van der Waals surface area contributed by atoms with Crippen LogP contribution < -0.4 is 5.32 Å². The van der Waals surface area contributed by atoms with Crippen LogP contribution in [-0.2, 0) is 0 Å². The van der Waals surface area contributed by atoms with Crippen molar-refractivity contribution in [3.8, 4) is 0 Å². The molecule has 0 heterocycles. The number of hydrogen-bond acceptors (Lipinski definition) is 3. The highest BCUT2D eigenvalue weighted by Gasteiger charge is 2.08. The molecule has 0 saturated carbocycles. The van der Waals surface area contributed by atoms with Crippen LogP contribution in [0.25, 0.3) is 0 Å². The molecule has 0 fully saturated rings. The van der Waals surface area contributed by atoms with E-state index in [9.17, 15) is 5.11 Å². The molecule has 1 aromatic carbocycles. The number of aliphatic hydroxyl groups is 2. The highest BCUT2D eigenvalue weighted by atomic mass is 35.5. The molecule has 0 bridgehead atoms. The average Bonchev–Trinajstić information content (AvgIpc) is 2.22. The van der Waals surface area contributed by atoms with Gasteiger partial charge in [-0.3, -0.25) is 0 Å². The zero-order valence-electron chi connectivity index (χ0n) is 8.08. The van der Waals surface area contributed by atoms with E-state index in [0.29, 0.717) is 28.7 Å². The molecular formula is C10H13Cl2NO2. The van der Waals surface area contributed by atoms with Gasteiger partial charge in [-0.2, -0.15) is 0 Å². The normalized spacial score (nSPS) is 12.8. The first-order valence-electron chi connectivity index (χ1n) is 4.59. The zero-order valence-corrected chi connectivity index (χ0v) is 9.59. The third-order valence-electron chi connectivity index (χ3n) is 1.95. The Morgan fingerprint density at radius 1 is 1.27 bits per heavy atom. The Kier molecular flexibility index (Phi) is 5.36. The van der Waals surface area contributed by atoms with E-state index in [1.54, 1.807) is 18.2 Å². The summed E-state index contributed by atoms with van der Waals surface area (Å²) in [5.41, 5.74) is 0.704. The van der Waals surface area contributed by atoms with Crippen LogP contribution >= 0.6 is 23.2 Å². The third kappa shape index (κ3) is 3.97. The standard InChI is InChI=1S/C10H13Cl2NO2/c11-8-2-1-7(5-9(8)12)10(15)6-13-3-4-14/h1-2,5,10,13-15H,3-4,6H2/t10-/m0/s1. The Balaban J connectivity index is 2.57. The first-order valence-corrected chi connectivity index (χ1v) is 5.35. The van der Waals surface area contributed by atoms with Gasteiger partial charge in [-0.05, 0) is 17.7 Å². The molecule has 0 amide bonds. The second kappa shape index (κ2) is 6.30. The Morgan fingerprint density at radius 3 is 2.60 bits per heavy atom. The maximum atomic E-state index is 9.72. The molecule has 0 aliphatic rings. The Morgan fingerprint density at radius 2 is 2.00 bits per heavy atom. The number of rotatable bonds is 5. The van der Waals surface area contributed by atoms with E-state index in [2.05, 4.69) is 5.32 Å². The zero-order chi connectivity index (χ0) is 11.3. The fourth-order valence-corrected chi connectivity index (χ4v) is 1.46. The maximum Gasteiger partial charge on any atom is 0.0914 e. The Bertz CT molecular complexity index is 320. The predicted molar refractivity (Wildman–Crippen MR) is 61.4 cm³/mol. The highest BCUT2D eigenvalue weighted by molar-refractivity contribution is 6.42. The average molecular weight is 250 g/mol. The van der Waals surface area contributed by atoms with Gasteiger partial charge in [0.25, 0.3) is 0 Å². The van der Waals surface area contributed by atoms with Gasteiger partial charge in [0.2, 0.25) is 0 Å². The van der Waals surface area contributed by atoms with Crippen LogP contribution in [0.15, 0.2) is 18.2 Å². The van der Waals surface area contributed by atoms with Gasteiger partial charge in [-0.25, -0.2) is 0 Å². The minimum Gasteiger partial charge on any atom is -0.395 e. The molecule has 0 spiro atoms. The highest BCUT2D eigenvalue weighted by Crippen LogP contribution is 2.25. The molecule has 0 aromatic heterocycles. The number of hydrogen-bond donors (Lipinski definition) is 3. The summed E-state index contributed by atoms with van der Waals surface area (Å²) >= 11 is 11.6. The summed E-state index contributed by atoms with van der Waals surface area (Å²) in [6.45, 7) is 0.880. The Hall–Kier alpha value is -0.320. The summed E-state index contributed by atoms with van der Waals surface area (Å²) in [5, 5.41) is 22.1. The van der Waals surface area contributed by atoms with E-state index in [1.807, 2.05) is 0 Å². The van der Waals surface area contributed by atoms with Crippen LogP contribution in [-0.4, -0.2) is 29.9 Å². The molecule has 0 saturated heterocycles. The fraction of sp³-hybridized carbons (Fsp3) is 0.400. The molecule has 15 heavy (non-hydrogen) atoms. The van der Waals surface area contributed by atoms with Gasteiger partial charge in [0.15, 0.2) is 0 Å². The number of nitrogens with one attached hydrogen (secondary N) is 1. The van der Waals surface area contributed by atoms with Crippen molar-refractivity contribution < 1.29 is 10.2 Å². The summed E-state index contributed by atoms with van der Waals surface area (Å²) in [7, 11) is 0. The molecule has 3 nitrogen and oxygen atoms in total. The second-order valence-corrected chi connectivity index (χ2v) is 3.93. The number of aliphatic hydroxyl groups excluding tert-OH is 2. The Labute approximate surface area is 98.6 Å². The summed E-state index contributed by atoms with van der Waals surface area (Å²) in [6.07, 6.45) is -0.647. The minimum absolute atomic E-state index is 0.0497. The van der Waals surface area contributed by atoms with Gasteiger partial charge < -0.3 is 15.5 Å². The van der Waals surface area contributed by atoms with E-state index in [4.69, 9.17) is 28.3 Å². The van der Waals surface area contributed by atoms with Crippen molar-refractivity contribution >= 4 is 23.2 Å². The van der Waals surface area contributed by atoms with Crippen LogP contribution in [0.2, 0.25) is 10.0 Å². The lowest BCUT2D eigenvalue weighted by molar-refractivity contribution is 0.171. The van der Waals surface area contributed by atoms with Crippen molar-refractivity contribution in [3.63, 3.8) is 0 Å². The van der Waals surface area contributed by atoms with E-state index in [-0.39, 0.29) is 6.61 Å². The van der Waals surface area contributed by atoms with E-state index in [0.717, 1.165) is 0 Å². The van der Waals surface area contributed by atoms with E-state index in [1.165, 1.54) is 0 Å². The predicted octanol–water partition coefficient (Wildman–Crippen LogP) is 1.61. The third-order valence-corrected chi connectivity index (χ3v) is 2.69. The van der Waals surface area contributed by atoms with Gasteiger partial charge >= 0.3 is 0 Å². The topological polar surface area (TPSA) is 52.5 Å². The number of halogens is 2. The van der Waals surface area contributed by atoms with Crippen LogP contribution in [0, 0.1) is 0 Å².